The van der Waals surface area contributed by atoms with Crippen molar-refractivity contribution in [3.05, 3.63) is 71.0 Å². The summed E-state index contributed by atoms with van der Waals surface area (Å²) >= 11 is 0. The van der Waals surface area contributed by atoms with Crippen LogP contribution in [0.2, 0.25) is 0 Å². The van der Waals surface area contributed by atoms with Crippen LogP contribution in [0.25, 0.3) is 0 Å². The molecule has 0 atom stereocenters. The molecule has 1 heterocycles. The van der Waals surface area contributed by atoms with Crippen LogP contribution >= 0.6 is 0 Å². The molecule has 144 valence electrons. The van der Waals surface area contributed by atoms with E-state index in [1.165, 1.54) is 0 Å². The molecule has 0 aliphatic rings. The number of hydrogen-bond acceptors (Lipinski definition) is 5. The highest BCUT2D eigenvalue weighted by Crippen LogP contribution is 2.26. The van der Waals surface area contributed by atoms with Gasteiger partial charge in [-0.3, -0.25) is 4.79 Å². The van der Waals surface area contributed by atoms with Gasteiger partial charge in [0.1, 0.15) is 11.4 Å². The Morgan fingerprint density at radius 2 is 1.86 bits per heavy atom. The van der Waals surface area contributed by atoms with Crippen LogP contribution < -0.4 is 15.4 Å². The van der Waals surface area contributed by atoms with Crippen molar-refractivity contribution in [1.29, 1.82) is 0 Å². The SMILES string of the molecule is CCc1cccc(C)c1NC(=O)c1cc(C)nc(Nc2ccccc2OC)n1. The van der Waals surface area contributed by atoms with Crippen molar-refractivity contribution in [2.75, 3.05) is 17.7 Å². The van der Waals surface area contributed by atoms with Gasteiger partial charge in [-0.2, -0.15) is 0 Å². The Hall–Kier alpha value is -3.41. The minimum absolute atomic E-state index is 0.266. The predicted molar refractivity (Wildman–Crippen MR) is 112 cm³/mol. The molecule has 0 saturated carbocycles. The number of carbonyl (C=O) groups excluding carboxylic acids is 1. The minimum atomic E-state index is -0.266. The third-order valence-corrected chi connectivity index (χ3v) is 4.42. The summed E-state index contributed by atoms with van der Waals surface area (Å²) in [4.78, 5) is 21.6. The van der Waals surface area contributed by atoms with Crippen molar-refractivity contribution < 1.29 is 9.53 Å². The first-order valence-electron chi connectivity index (χ1n) is 9.17. The van der Waals surface area contributed by atoms with Crippen LogP contribution in [0.1, 0.15) is 34.2 Å². The molecule has 0 saturated heterocycles. The van der Waals surface area contributed by atoms with E-state index in [-0.39, 0.29) is 5.91 Å². The van der Waals surface area contributed by atoms with E-state index in [9.17, 15) is 4.79 Å². The Balaban J connectivity index is 1.88. The Labute approximate surface area is 165 Å². The zero-order valence-corrected chi connectivity index (χ0v) is 16.5. The van der Waals surface area contributed by atoms with E-state index in [0.717, 1.165) is 28.9 Å². The van der Waals surface area contributed by atoms with Gasteiger partial charge in [-0.1, -0.05) is 37.3 Å². The van der Waals surface area contributed by atoms with Crippen LogP contribution in [-0.2, 0) is 6.42 Å². The smallest absolute Gasteiger partial charge is 0.274 e. The number of aromatic nitrogens is 2. The molecule has 3 aromatic rings. The molecule has 0 spiro atoms. The first-order valence-corrected chi connectivity index (χ1v) is 9.17. The van der Waals surface area contributed by atoms with E-state index < -0.39 is 0 Å². The number of nitrogens with zero attached hydrogens (tertiary/aromatic N) is 2. The Morgan fingerprint density at radius 3 is 2.61 bits per heavy atom. The van der Waals surface area contributed by atoms with E-state index in [1.807, 2.05) is 56.3 Å². The Bertz CT molecular complexity index is 1000. The fraction of sp³-hybridized carbons (Fsp3) is 0.227. The van der Waals surface area contributed by atoms with Crippen molar-refractivity contribution in [3.63, 3.8) is 0 Å². The average molecular weight is 376 g/mol. The van der Waals surface area contributed by atoms with Crippen molar-refractivity contribution in [2.45, 2.75) is 27.2 Å². The fourth-order valence-electron chi connectivity index (χ4n) is 2.99. The average Bonchev–Trinajstić information content (AvgIpc) is 2.69. The number of hydrogen-bond donors (Lipinski definition) is 2. The molecule has 6 heteroatoms. The van der Waals surface area contributed by atoms with Crippen LogP contribution in [0.5, 0.6) is 5.75 Å². The molecular weight excluding hydrogens is 352 g/mol. The molecule has 3 rings (SSSR count). The number of anilines is 3. The molecule has 1 amide bonds. The highest BCUT2D eigenvalue weighted by Gasteiger charge is 2.14. The summed E-state index contributed by atoms with van der Waals surface area (Å²) in [5, 5.41) is 6.14. The molecule has 1 aromatic heterocycles. The lowest BCUT2D eigenvalue weighted by Gasteiger charge is -2.14. The van der Waals surface area contributed by atoms with Gasteiger partial charge in [0.15, 0.2) is 0 Å². The molecule has 2 aromatic carbocycles. The molecule has 28 heavy (non-hydrogen) atoms. The number of amides is 1. The summed E-state index contributed by atoms with van der Waals surface area (Å²) in [6.07, 6.45) is 0.834. The van der Waals surface area contributed by atoms with Gasteiger partial charge in [0.05, 0.1) is 12.8 Å². The van der Waals surface area contributed by atoms with Gasteiger partial charge in [-0.25, -0.2) is 9.97 Å². The molecule has 0 bridgehead atoms. The summed E-state index contributed by atoms with van der Waals surface area (Å²) in [5.41, 5.74) is 4.67. The molecule has 0 unspecified atom stereocenters. The van der Waals surface area contributed by atoms with Gasteiger partial charge in [0.25, 0.3) is 5.91 Å². The van der Waals surface area contributed by atoms with Crippen molar-refractivity contribution in [2.24, 2.45) is 0 Å². The van der Waals surface area contributed by atoms with Gasteiger partial charge < -0.3 is 15.4 Å². The third kappa shape index (κ3) is 4.28. The minimum Gasteiger partial charge on any atom is -0.495 e. The van der Waals surface area contributed by atoms with Gasteiger partial charge in [0, 0.05) is 11.4 Å². The number of carbonyl (C=O) groups is 1. The number of benzene rings is 2. The van der Waals surface area contributed by atoms with Crippen LogP contribution in [0.15, 0.2) is 48.5 Å². The number of para-hydroxylation sites is 3. The van der Waals surface area contributed by atoms with Gasteiger partial charge in [-0.15, -0.1) is 0 Å². The lowest BCUT2D eigenvalue weighted by Crippen LogP contribution is -2.17. The summed E-state index contributed by atoms with van der Waals surface area (Å²) in [6.45, 7) is 5.88. The molecule has 0 radical (unpaired) electrons. The zero-order chi connectivity index (χ0) is 20.1. The molecule has 0 aliphatic heterocycles. The first kappa shape index (κ1) is 19.4. The quantitative estimate of drug-likeness (QED) is 0.654. The van der Waals surface area contributed by atoms with Crippen molar-refractivity contribution >= 4 is 23.2 Å². The molecule has 0 aliphatic carbocycles. The van der Waals surface area contributed by atoms with E-state index in [2.05, 4.69) is 27.5 Å². The van der Waals surface area contributed by atoms with Gasteiger partial charge in [-0.05, 0) is 49.6 Å². The van der Waals surface area contributed by atoms with Crippen LogP contribution in [0.3, 0.4) is 0 Å². The predicted octanol–water partition coefficient (Wildman–Crippen LogP) is 4.66. The van der Waals surface area contributed by atoms with Crippen LogP contribution in [-0.4, -0.2) is 23.0 Å². The van der Waals surface area contributed by atoms with E-state index >= 15 is 0 Å². The third-order valence-electron chi connectivity index (χ3n) is 4.42. The largest absolute Gasteiger partial charge is 0.495 e. The monoisotopic (exact) mass is 376 g/mol. The number of ether oxygens (including phenoxy) is 1. The number of nitrogens with one attached hydrogen (secondary N) is 2. The Kier molecular flexibility index (Phi) is 5.89. The first-order chi connectivity index (χ1) is 13.5. The van der Waals surface area contributed by atoms with E-state index in [1.54, 1.807) is 13.2 Å². The van der Waals surface area contributed by atoms with Crippen molar-refractivity contribution in [1.82, 2.24) is 9.97 Å². The number of methoxy groups -OCH3 is 1. The number of rotatable bonds is 6. The second-order valence-corrected chi connectivity index (χ2v) is 6.46. The lowest BCUT2D eigenvalue weighted by atomic mass is 10.1. The summed E-state index contributed by atoms with van der Waals surface area (Å²) in [6, 6.07) is 15.1. The maximum Gasteiger partial charge on any atom is 0.274 e. The van der Waals surface area contributed by atoms with Crippen LogP contribution in [0, 0.1) is 13.8 Å². The fourth-order valence-corrected chi connectivity index (χ4v) is 2.99. The standard InChI is InChI=1S/C22H24N4O2/c1-5-16-10-8-9-14(2)20(16)26-21(27)18-13-15(3)23-22(25-18)24-17-11-6-7-12-19(17)28-4/h6-13H,5H2,1-4H3,(H,26,27)(H,23,24,25). The highest BCUT2D eigenvalue weighted by molar-refractivity contribution is 6.04. The molecule has 2 N–H and O–H groups in total. The maximum absolute atomic E-state index is 12.9. The van der Waals surface area contributed by atoms with E-state index in [0.29, 0.717) is 23.1 Å². The van der Waals surface area contributed by atoms with Gasteiger partial charge >= 0.3 is 0 Å². The van der Waals surface area contributed by atoms with Crippen molar-refractivity contribution in [3.8, 4) is 5.75 Å². The van der Waals surface area contributed by atoms with E-state index in [4.69, 9.17) is 4.74 Å². The zero-order valence-electron chi connectivity index (χ0n) is 16.5. The maximum atomic E-state index is 12.9. The molecule has 6 nitrogen and oxygen atoms in total. The molecular formula is C22H24N4O2. The number of aryl methyl sites for hydroxylation is 3. The normalized spacial score (nSPS) is 10.4. The highest BCUT2D eigenvalue weighted by atomic mass is 16.5. The second kappa shape index (κ2) is 8.52. The van der Waals surface area contributed by atoms with Gasteiger partial charge in [0.2, 0.25) is 5.95 Å². The topological polar surface area (TPSA) is 76.1 Å². The summed E-state index contributed by atoms with van der Waals surface area (Å²) in [5.74, 6) is 0.749. The van der Waals surface area contributed by atoms with Crippen LogP contribution in [0.4, 0.5) is 17.3 Å². The lowest BCUT2D eigenvalue weighted by molar-refractivity contribution is 0.102. The summed E-state index contributed by atoms with van der Waals surface area (Å²) in [7, 11) is 1.60. The molecule has 0 fully saturated rings. The second-order valence-electron chi connectivity index (χ2n) is 6.46. The Morgan fingerprint density at radius 1 is 1.07 bits per heavy atom. The summed E-state index contributed by atoms with van der Waals surface area (Å²) < 4.78 is 5.35.